The molecule has 0 bridgehead atoms. The molecular formula is C18H21FN2O. The van der Waals surface area contributed by atoms with Crippen molar-refractivity contribution in [3.63, 3.8) is 0 Å². The van der Waals surface area contributed by atoms with Gasteiger partial charge in [0.1, 0.15) is 5.82 Å². The molecule has 4 heteroatoms. The number of likely N-dealkylation sites (N-methyl/N-ethyl adjacent to an activating group) is 1. The summed E-state index contributed by atoms with van der Waals surface area (Å²) in [5.41, 5.74) is 1.92. The van der Waals surface area contributed by atoms with E-state index in [1.54, 1.807) is 6.07 Å². The maximum absolute atomic E-state index is 13.2. The molecule has 0 aliphatic carbocycles. The first-order chi connectivity index (χ1) is 10.6. The van der Waals surface area contributed by atoms with Crippen molar-refractivity contribution < 1.29 is 9.18 Å². The van der Waals surface area contributed by atoms with Crippen molar-refractivity contribution in [1.82, 2.24) is 10.2 Å². The van der Waals surface area contributed by atoms with Gasteiger partial charge in [-0.2, -0.15) is 0 Å². The van der Waals surface area contributed by atoms with Crippen LogP contribution in [-0.4, -0.2) is 23.9 Å². The third-order valence-electron chi connectivity index (χ3n) is 3.67. The van der Waals surface area contributed by atoms with E-state index in [1.807, 2.05) is 55.3 Å². The van der Waals surface area contributed by atoms with Crippen LogP contribution in [0.5, 0.6) is 0 Å². The molecule has 1 N–H and O–H groups in total. The molecule has 116 valence electrons. The molecule has 1 atom stereocenters. The van der Waals surface area contributed by atoms with Crippen LogP contribution in [0, 0.1) is 5.82 Å². The zero-order valence-electron chi connectivity index (χ0n) is 12.9. The van der Waals surface area contributed by atoms with Gasteiger partial charge in [0.2, 0.25) is 5.91 Å². The SMILES string of the molecule is CC(C(=O)NCc1ccccc1)N(C)Cc1cccc(F)c1. The van der Waals surface area contributed by atoms with Crippen LogP contribution in [0.1, 0.15) is 18.1 Å². The Morgan fingerprint density at radius 1 is 1.14 bits per heavy atom. The van der Waals surface area contributed by atoms with Crippen molar-refractivity contribution in [2.75, 3.05) is 7.05 Å². The molecule has 22 heavy (non-hydrogen) atoms. The van der Waals surface area contributed by atoms with Crippen molar-refractivity contribution in [1.29, 1.82) is 0 Å². The maximum Gasteiger partial charge on any atom is 0.237 e. The molecule has 2 aromatic rings. The average molecular weight is 300 g/mol. The van der Waals surface area contributed by atoms with Gasteiger partial charge in [-0.05, 0) is 37.2 Å². The van der Waals surface area contributed by atoms with Crippen LogP contribution in [0.2, 0.25) is 0 Å². The topological polar surface area (TPSA) is 32.3 Å². The fourth-order valence-corrected chi connectivity index (χ4v) is 2.19. The number of carbonyl (C=O) groups is 1. The molecule has 2 rings (SSSR count). The van der Waals surface area contributed by atoms with Crippen molar-refractivity contribution in [2.45, 2.75) is 26.1 Å². The predicted octanol–water partition coefficient (Wildman–Crippen LogP) is 2.96. The molecule has 0 heterocycles. The monoisotopic (exact) mass is 300 g/mol. The van der Waals surface area contributed by atoms with E-state index in [9.17, 15) is 9.18 Å². The van der Waals surface area contributed by atoms with Gasteiger partial charge in [0.15, 0.2) is 0 Å². The van der Waals surface area contributed by atoms with Gasteiger partial charge in [0, 0.05) is 13.1 Å². The van der Waals surface area contributed by atoms with Crippen LogP contribution in [0.4, 0.5) is 4.39 Å². The zero-order valence-corrected chi connectivity index (χ0v) is 12.9. The molecule has 1 amide bonds. The lowest BCUT2D eigenvalue weighted by atomic mass is 10.1. The molecule has 0 aromatic heterocycles. The minimum absolute atomic E-state index is 0.0391. The minimum atomic E-state index is -0.285. The van der Waals surface area contributed by atoms with E-state index >= 15 is 0 Å². The number of hydrogen-bond donors (Lipinski definition) is 1. The van der Waals surface area contributed by atoms with Crippen LogP contribution in [0.15, 0.2) is 54.6 Å². The predicted molar refractivity (Wildman–Crippen MR) is 85.6 cm³/mol. The average Bonchev–Trinajstić information content (AvgIpc) is 2.53. The standard InChI is InChI=1S/C18H21FN2O/c1-14(18(22)20-12-15-7-4-3-5-8-15)21(2)13-16-9-6-10-17(19)11-16/h3-11,14H,12-13H2,1-2H3,(H,20,22). The number of nitrogens with zero attached hydrogens (tertiary/aromatic N) is 1. The molecule has 0 radical (unpaired) electrons. The van der Waals surface area contributed by atoms with Gasteiger partial charge in [-0.25, -0.2) is 4.39 Å². The Kier molecular flexibility index (Phi) is 5.67. The number of benzene rings is 2. The molecule has 0 fully saturated rings. The van der Waals surface area contributed by atoms with Crippen LogP contribution < -0.4 is 5.32 Å². The molecule has 1 unspecified atom stereocenters. The van der Waals surface area contributed by atoms with Crippen LogP contribution in [0.25, 0.3) is 0 Å². The normalized spacial score (nSPS) is 12.2. The van der Waals surface area contributed by atoms with E-state index < -0.39 is 0 Å². The lowest BCUT2D eigenvalue weighted by Gasteiger charge is -2.24. The van der Waals surface area contributed by atoms with Gasteiger partial charge in [0.05, 0.1) is 6.04 Å². The van der Waals surface area contributed by atoms with Crippen LogP contribution >= 0.6 is 0 Å². The van der Waals surface area contributed by atoms with Gasteiger partial charge in [0.25, 0.3) is 0 Å². The van der Waals surface area contributed by atoms with Crippen molar-refractivity contribution in [3.8, 4) is 0 Å². The second-order valence-electron chi connectivity index (χ2n) is 5.42. The lowest BCUT2D eigenvalue weighted by molar-refractivity contribution is -0.125. The van der Waals surface area contributed by atoms with Crippen LogP contribution in [0.3, 0.4) is 0 Å². The highest BCUT2D eigenvalue weighted by Crippen LogP contribution is 2.09. The number of halogens is 1. The lowest BCUT2D eigenvalue weighted by Crippen LogP contribution is -2.42. The first kappa shape index (κ1) is 16.2. The molecule has 0 saturated heterocycles. The highest BCUT2D eigenvalue weighted by Gasteiger charge is 2.17. The van der Waals surface area contributed by atoms with Gasteiger partial charge in [-0.15, -0.1) is 0 Å². The van der Waals surface area contributed by atoms with E-state index in [-0.39, 0.29) is 17.8 Å². The largest absolute Gasteiger partial charge is 0.351 e. The van der Waals surface area contributed by atoms with Gasteiger partial charge in [-0.3, -0.25) is 9.69 Å². The Morgan fingerprint density at radius 3 is 2.50 bits per heavy atom. The smallest absolute Gasteiger partial charge is 0.237 e. The van der Waals surface area contributed by atoms with E-state index in [0.717, 1.165) is 11.1 Å². The molecule has 3 nitrogen and oxygen atoms in total. The number of carbonyl (C=O) groups excluding carboxylic acids is 1. The zero-order chi connectivity index (χ0) is 15.9. The van der Waals surface area contributed by atoms with Crippen LogP contribution in [-0.2, 0) is 17.9 Å². The summed E-state index contributed by atoms with van der Waals surface area (Å²) in [6.45, 7) is 2.88. The summed E-state index contributed by atoms with van der Waals surface area (Å²) in [5.74, 6) is -0.296. The minimum Gasteiger partial charge on any atom is -0.351 e. The van der Waals surface area contributed by atoms with Gasteiger partial charge in [-0.1, -0.05) is 42.5 Å². The Hall–Kier alpha value is -2.20. The number of hydrogen-bond acceptors (Lipinski definition) is 2. The summed E-state index contributed by atoms with van der Waals surface area (Å²) in [4.78, 5) is 14.1. The van der Waals surface area contributed by atoms with Crippen molar-refractivity contribution in [3.05, 3.63) is 71.5 Å². The van der Waals surface area contributed by atoms with E-state index in [0.29, 0.717) is 13.1 Å². The van der Waals surface area contributed by atoms with Gasteiger partial charge < -0.3 is 5.32 Å². The maximum atomic E-state index is 13.2. The van der Waals surface area contributed by atoms with Crippen molar-refractivity contribution in [2.24, 2.45) is 0 Å². The fraction of sp³-hybridized carbons (Fsp3) is 0.278. The third kappa shape index (κ3) is 4.67. The molecule has 0 saturated carbocycles. The summed E-state index contributed by atoms with van der Waals surface area (Å²) in [6.07, 6.45) is 0. The quantitative estimate of drug-likeness (QED) is 0.889. The molecule has 0 spiro atoms. The molecular weight excluding hydrogens is 279 g/mol. The Bertz CT molecular complexity index is 615. The first-order valence-corrected chi connectivity index (χ1v) is 7.32. The Morgan fingerprint density at radius 2 is 1.82 bits per heavy atom. The second-order valence-corrected chi connectivity index (χ2v) is 5.42. The Labute approximate surface area is 130 Å². The summed E-state index contributed by atoms with van der Waals surface area (Å²) >= 11 is 0. The summed E-state index contributed by atoms with van der Waals surface area (Å²) < 4.78 is 13.2. The Balaban J connectivity index is 1.86. The highest BCUT2D eigenvalue weighted by atomic mass is 19.1. The number of rotatable bonds is 6. The summed E-state index contributed by atoms with van der Waals surface area (Å²) in [7, 11) is 1.86. The first-order valence-electron chi connectivity index (χ1n) is 7.32. The van der Waals surface area contributed by atoms with Crippen molar-refractivity contribution >= 4 is 5.91 Å². The molecule has 2 aromatic carbocycles. The van der Waals surface area contributed by atoms with Gasteiger partial charge >= 0.3 is 0 Å². The molecule has 0 aliphatic rings. The number of amides is 1. The highest BCUT2D eigenvalue weighted by molar-refractivity contribution is 5.81. The number of nitrogens with one attached hydrogen (secondary N) is 1. The van der Waals surface area contributed by atoms with E-state index in [1.165, 1.54) is 12.1 Å². The summed E-state index contributed by atoms with van der Waals surface area (Å²) in [5, 5.41) is 2.92. The van der Waals surface area contributed by atoms with E-state index in [2.05, 4.69) is 5.32 Å². The second kappa shape index (κ2) is 7.71. The third-order valence-corrected chi connectivity index (χ3v) is 3.67. The molecule has 0 aliphatic heterocycles. The van der Waals surface area contributed by atoms with E-state index in [4.69, 9.17) is 0 Å². The summed E-state index contributed by atoms with van der Waals surface area (Å²) in [6, 6.07) is 15.9. The fourth-order valence-electron chi connectivity index (χ4n) is 2.19.